The van der Waals surface area contributed by atoms with Gasteiger partial charge in [-0.15, -0.1) is 12.4 Å². The lowest BCUT2D eigenvalue weighted by Gasteiger charge is -2.39. The Bertz CT molecular complexity index is 1180. The maximum absolute atomic E-state index is 13.5. The predicted molar refractivity (Wildman–Crippen MR) is 152 cm³/mol. The summed E-state index contributed by atoms with van der Waals surface area (Å²) in [6.45, 7) is 6.97. The number of methoxy groups -OCH3 is 1. The summed E-state index contributed by atoms with van der Waals surface area (Å²) in [5.41, 5.74) is 2.10. The number of ether oxygens (including phenoxy) is 1. The van der Waals surface area contributed by atoms with Crippen LogP contribution in [0.15, 0.2) is 54.6 Å². The van der Waals surface area contributed by atoms with Gasteiger partial charge in [-0.25, -0.2) is 12.7 Å². The lowest BCUT2D eigenvalue weighted by atomic mass is 9.76. The molecular weight excluding hydrogens is 522 g/mol. The van der Waals surface area contributed by atoms with Gasteiger partial charge in [0.1, 0.15) is 5.75 Å². The summed E-state index contributed by atoms with van der Waals surface area (Å²) in [5, 5.41) is 0. The van der Waals surface area contributed by atoms with E-state index in [-0.39, 0.29) is 35.4 Å². The highest BCUT2D eigenvalue weighted by Crippen LogP contribution is 2.43. The number of sulfonamides is 1. The second kappa shape index (κ2) is 11.9. The Morgan fingerprint density at radius 3 is 2.24 bits per heavy atom. The Kier molecular flexibility index (Phi) is 9.07. The first kappa shape index (κ1) is 28.9. The van der Waals surface area contributed by atoms with Crippen LogP contribution in [0.5, 0.6) is 5.75 Å². The number of nitrogens with zero attached hydrogens (tertiary/aromatic N) is 3. The SMILES string of the molecule is CCS(=O)(=O)N1CC(c2ccccc2)[C@@H](CN2CCC3(CC2)CCN(Cc2ccc(OC)cc2)C3=O)C1.Cl. The lowest BCUT2D eigenvalue weighted by Crippen LogP contribution is -2.46. The highest BCUT2D eigenvalue weighted by atomic mass is 35.5. The van der Waals surface area contributed by atoms with Crippen LogP contribution < -0.4 is 4.74 Å². The zero-order valence-electron chi connectivity index (χ0n) is 22.4. The molecule has 0 saturated carbocycles. The Balaban J connectivity index is 0.00000336. The summed E-state index contributed by atoms with van der Waals surface area (Å²) in [6, 6.07) is 18.3. The number of hydrogen-bond donors (Lipinski definition) is 0. The van der Waals surface area contributed by atoms with Gasteiger partial charge in [-0.3, -0.25) is 4.79 Å². The van der Waals surface area contributed by atoms with Crippen LogP contribution in [0.4, 0.5) is 0 Å². The molecule has 208 valence electrons. The monoisotopic (exact) mass is 561 g/mol. The van der Waals surface area contributed by atoms with Gasteiger partial charge >= 0.3 is 0 Å². The minimum Gasteiger partial charge on any atom is -0.497 e. The van der Waals surface area contributed by atoms with E-state index in [1.165, 1.54) is 5.56 Å². The zero-order valence-corrected chi connectivity index (χ0v) is 24.1. The minimum atomic E-state index is -3.22. The topological polar surface area (TPSA) is 70.2 Å². The standard InChI is InChI=1S/C29H39N3O4S.ClH/c1-3-37(34,35)32-21-25(27(22-32)24-7-5-4-6-8-24)20-30-16-13-29(14-17-30)15-18-31(28(29)33)19-23-9-11-26(36-2)12-10-23;/h4-12,25,27H,3,13-22H2,1-2H3;1H/t25-,27?;/m0./s1. The van der Waals surface area contributed by atoms with Crippen LogP contribution >= 0.6 is 12.4 Å². The molecule has 2 aromatic rings. The number of hydrogen-bond acceptors (Lipinski definition) is 5. The quantitative estimate of drug-likeness (QED) is 0.487. The van der Waals surface area contributed by atoms with Gasteiger partial charge in [-0.05, 0) is 68.5 Å². The lowest BCUT2D eigenvalue weighted by molar-refractivity contribution is -0.139. The first-order valence-electron chi connectivity index (χ1n) is 13.5. The highest BCUT2D eigenvalue weighted by molar-refractivity contribution is 7.89. The van der Waals surface area contributed by atoms with Crippen molar-refractivity contribution >= 4 is 28.3 Å². The van der Waals surface area contributed by atoms with Crippen molar-refractivity contribution in [1.29, 1.82) is 0 Å². The van der Waals surface area contributed by atoms with Crippen molar-refractivity contribution in [1.82, 2.24) is 14.1 Å². The second-order valence-corrected chi connectivity index (χ2v) is 13.2. The summed E-state index contributed by atoms with van der Waals surface area (Å²) >= 11 is 0. The number of piperidine rings is 1. The third-order valence-electron chi connectivity index (χ3n) is 8.83. The molecule has 38 heavy (non-hydrogen) atoms. The van der Waals surface area contributed by atoms with Crippen LogP contribution in [-0.4, -0.2) is 80.6 Å². The Morgan fingerprint density at radius 2 is 1.61 bits per heavy atom. The molecule has 7 nitrogen and oxygen atoms in total. The van der Waals surface area contributed by atoms with E-state index < -0.39 is 10.0 Å². The van der Waals surface area contributed by atoms with Gasteiger partial charge in [0.05, 0.1) is 18.3 Å². The number of likely N-dealkylation sites (tertiary alicyclic amines) is 2. The Hall–Kier alpha value is -2.13. The molecule has 3 heterocycles. The van der Waals surface area contributed by atoms with E-state index in [0.717, 1.165) is 56.8 Å². The van der Waals surface area contributed by atoms with Crippen LogP contribution in [0.2, 0.25) is 0 Å². The van der Waals surface area contributed by atoms with Gasteiger partial charge in [0.25, 0.3) is 0 Å². The van der Waals surface area contributed by atoms with Gasteiger partial charge in [0.15, 0.2) is 0 Å². The van der Waals surface area contributed by atoms with E-state index in [0.29, 0.717) is 25.5 Å². The molecule has 0 radical (unpaired) electrons. The fourth-order valence-electron chi connectivity index (χ4n) is 6.46. The number of amides is 1. The van der Waals surface area contributed by atoms with Crippen LogP contribution in [-0.2, 0) is 21.4 Å². The number of carbonyl (C=O) groups excluding carboxylic acids is 1. The van der Waals surface area contributed by atoms with Crippen molar-refractivity contribution in [3.8, 4) is 5.75 Å². The third kappa shape index (κ3) is 5.88. The predicted octanol–water partition coefficient (Wildman–Crippen LogP) is 4.00. The summed E-state index contributed by atoms with van der Waals surface area (Å²) in [4.78, 5) is 18.0. The van der Waals surface area contributed by atoms with Gasteiger partial charge in [-0.1, -0.05) is 42.5 Å². The molecule has 2 aromatic carbocycles. The van der Waals surface area contributed by atoms with E-state index in [4.69, 9.17) is 4.74 Å². The van der Waals surface area contributed by atoms with Crippen LogP contribution in [0, 0.1) is 11.3 Å². The molecule has 0 aromatic heterocycles. The van der Waals surface area contributed by atoms with Gasteiger partial charge in [0, 0.05) is 38.6 Å². The summed E-state index contributed by atoms with van der Waals surface area (Å²) in [5.74, 6) is 1.72. The van der Waals surface area contributed by atoms with E-state index in [1.807, 2.05) is 47.4 Å². The number of carbonyl (C=O) groups is 1. The fourth-order valence-corrected chi connectivity index (χ4v) is 7.63. The first-order chi connectivity index (χ1) is 17.8. The largest absolute Gasteiger partial charge is 0.497 e. The fraction of sp³-hybridized carbons (Fsp3) is 0.552. The molecule has 1 spiro atoms. The van der Waals surface area contributed by atoms with E-state index in [1.54, 1.807) is 18.3 Å². The summed E-state index contributed by atoms with van der Waals surface area (Å²) < 4.78 is 32.3. The highest BCUT2D eigenvalue weighted by Gasteiger charge is 2.48. The van der Waals surface area contributed by atoms with Crippen LogP contribution in [0.25, 0.3) is 0 Å². The molecule has 5 rings (SSSR count). The van der Waals surface area contributed by atoms with Crippen molar-refractivity contribution in [2.24, 2.45) is 11.3 Å². The zero-order chi connectivity index (χ0) is 26.0. The molecule has 3 aliphatic heterocycles. The van der Waals surface area contributed by atoms with Crippen molar-refractivity contribution in [2.45, 2.75) is 38.6 Å². The number of halogens is 1. The molecular formula is C29H40ClN3O4S. The summed E-state index contributed by atoms with van der Waals surface area (Å²) in [6.07, 6.45) is 2.68. The van der Waals surface area contributed by atoms with Crippen LogP contribution in [0.3, 0.4) is 0 Å². The molecule has 0 N–H and O–H groups in total. The van der Waals surface area contributed by atoms with Crippen molar-refractivity contribution in [3.05, 3.63) is 65.7 Å². The van der Waals surface area contributed by atoms with E-state index >= 15 is 0 Å². The molecule has 0 bridgehead atoms. The second-order valence-electron chi connectivity index (χ2n) is 10.9. The average Bonchev–Trinajstić information content (AvgIpc) is 3.49. The van der Waals surface area contributed by atoms with Crippen molar-refractivity contribution in [3.63, 3.8) is 0 Å². The molecule has 1 unspecified atom stereocenters. The van der Waals surface area contributed by atoms with Gasteiger partial charge in [0.2, 0.25) is 15.9 Å². The van der Waals surface area contributed by atoms with Crippen LogP contribution in [0.1, 0.15) is 43.2 Å². The van der Waals surface area contributed by atoms with E-state index in [9.17, 15) is 13.2 Å². The molecule has 3 fully saturated rings. The maximum atomic E-state index is 13.5. The number of rotatable bonds is 8. The normalized spacial score (nSPS) is 24.1. The molecule has 3 aliphatic rings. The Morgan fingerprint density at radius 1 is 0.947 bits per heavy atom. The molecule has 2 atom stereocenters. The van der Waals surface area contributed by atoms with Crippen molar-refractivity contribution < 1.29 is 17.9 Å². The molecule has 0 aliphatic carbocycles. The van der Waals surface area contributed by atoms with Crippen molar-refractivity contribution in [2.75, 3.05) is 52.1 Å². The number of benzene rings is 2. The average molecular weight is 562 g/mol. The molecule has 1 amide bonds. The maximum Gasteiger partial charge on any atom is 0.229 e. The smallest absolute Gasteiger partial charge is 0.229 e. The van der Waals surface area contributed by atoms with Gasteiger partial charge in [-0.2, -0.15) is 0 Å². The van der Waals surface area contributed by atoms with E-state index in [2.05, 4.69) is 17.0 Å². The Labute approximate surface area is 233 Å². The third-order valence-corrected chi connectivity index (χ3v) is 10.6. The summed E-state index contributed by atoms with van der Waals surface area (Å²) in [7, 11) is -1.56. The molecule has 9 heteroatoms. The van der Waals surface area contributed by atoms with Gasteiger partial charge < -0.3 is 14.5 Å². The molecule has 3 saturated heterocycles. The minimum absolute atomic E-state index is 0. The first-order valence-corrected chi connectivity index (χ1v) is 15.1.